The lowest BCUT2D eigenvalue weighted by Gasteiger charge is -2.33. The fourth-order valence-corrected chi connectivity index (χ4v) is 10.5. The molecule has 2 aromatic heterocycles. The number of thiophene rings is 1. The molecule has 3 nitrogen and oxygen atoms in total. The van der Waals surface area contributed by atoms with Gasteiger partial charge >= 0.3 is 0 Å². The number of nitrogens with one attached hydrogen (secondary N) is 2. The molecule has 0 radical (unpaired) electrons. The Morgan fingerprint density at radius 2 is 1.43 bits per heavy atom. The zero-order chi connectivity index (χ0) is 35.3. The number of rotatable bonds is 4. The summed E-state index contributed by atoms with van der Waals surface area (Å²) in [5.74, 6) is 0.319. The van der Waals surface area contributed by atoms with Crippen LogP contribution < -0.4 is 10.6 Å². The van der Waals surface area contributed by atoms with Crippen molar-refractivity contribution in [2.24, 2.45) is 0 Å². The van der Waals surface area contributed by atoms with Crippen molar-refractivity contribution in [1.29, 1.82) is 0 Å². The summed E-state index contributed by atoms with van der Waals surface area (Å²) in [5.41, 5.74) is 16.0. The molecule has 0 amide bonds. The zero-order valence-corrected chi connectivity index (χ0v) is 30.2. The van der Waals surface area contributed by atoms with Crippen molar-refractivity contribution in [3.05, 3.63) is 191 Å². The Bertz CT molecular complexity index is 3060. The number of benzene rings is 7. The summed E-state index contributed by atoms with van der Waals surface area (Å²) in [6.07, 6.45) is 7.99. The topological polar surface area (TPSA) is 37.2 Å². The van der Waals surface area contributed by atoms with Gasteiger partial charge in [0.05, 0.1) is 6.04 Å². The molecule has 0 bridgehead atoms. The highest BCUT2D eigenvalue weighted by molar-refractivity contribution is 7.25. The Labute approximate surface area is 316 Å². The predicted octanol–water partition coefficient (Wildman–Crippen LogP) is 13.1. The van der Waals surface area contributed by atoms with Gasteiger partial charge in [0.25, 0.3) is 0 Å². The number of hydrogen-bond donors (Lipinski definition) is 2. The molecular weight excluding hydrogens is 677 g/mol. The van der Waals surface area contributed by atoms with E-state index >= 15 is 0 Å². The highest BCUT2D eigenvalue weighted by atomic mass is 32.1. The standard InChI is InChI=1S/C50H34N2OS/c1-2-10-29(11-3-1)30-12-8-13-33(24-30)50-51-42(28-43(52-50)32-21-23-36-35-14-5-7-19-46(35)54-47(36)26-32)31-20-22-34-40(25-31)37-16-9-17-39-48(37)41(34)27-45-49(39)38-15-4-6-18-44(38)53-45/h1-15,17-28,37,43,50-52H,16H2. The van der Waals surface area contributed by atoms with Crippen LogP contribution in [-0.4, -0.2) is 0 Å². The van der Waals surface area contributed by atoms with Crippen molar-refractivity contribution >= 4 is 65.2 Å². The molecule has 3 atom stereocenters. The minimum absolute atomic E-state index is 0.0103. The molecule has 0 saturated heterocycles. The maximum atomic E-state index is 6.44. The van der Waals surface area contributed by atoms with Crippen molar-refractivity contribution in [3.63, 3.8) is 0 Å². The van der Waals surface area contributed by atoms with Crippen molar-refractivity contribution < 1.29 is 4.42 Å². The molecule has 0 fully saturated rings. The highest BCUT2D eigenvalue weighted by Gasteiger charge is 2.35. The van der Waals surface area contributed by atoms with E-state index in [-0.39, 0.29) is 12.2 Å². The van der Waals surface area contributed by atoms with Crippen LogP contribution in [0.5, 0.6) is 0 Å². The van der Waals surface area contributed by atoms with E-state index in [2.05, 4.69) is 174 Å². The van der Waals surface area contributed by atoms with Gasteiger partial charge in [0.15, 0.2) is 0 Å². The average Bonchev–Trinajstić information content (AvgIpc) is 3.91. The van der Waals surface area contributed by atoms with E-state index in [1.807, 2.05) is 11.3 Å². The average molecular weight is 711 g/mol. The van der Waals surface area contributed by atoms with E-state index in [9.17, 15) is 0 Å². The molecular formula is C50H34N2OS. The van der Waals surface area contributed by atoms with Crippen LogP contribution in [0.2, 0.25) is 0 Å². The highest BCUT2D eigenvalue weighted by Crippen LogP contribution is 2.54. The molecule has 12 rings (SSSR count). The van der Waals surface area contributed by atoms with Gasteiger partial charge in [0.2, 0.25) is 0 Å². The molecule has 256 valence electrons. The minimum atomic E-state index is -0.0911. The SMILES string of the molecule is C1=Cc2c3c(cc4oc5ccccc5c24)-c2ccc(C4=CC(c5ccc6c(c5)sc5ccccc56)NC(c5cccc(-c6ccccc6)c5)N4)cc2C3C1. The molecule has 1 aliphatic heterocycles. The number of para-hydroxylation sites is 1. The first-order chi connectivity index (χ1) is 26.7. The van der Waals surface area contributed by atoms with Gasteiger partial charge in [-0.25, -0.2) is 0 Å². The lowest BCUT2D eigenvalue weighted by atomic mass is 9.84. The van der Waals surface area contributed by atoms with Crippen LogP contribution in [0.25, 0.3) is 76.1 Å². The molecule has 0 saturated carbocycles. The van der Waals surface area contributed by atoms with E-state index in [0.29, 0.717) is 5.92 Å². The molecule has 3 aliphatic rings. The molecule has 3 heterocycles. The lowest BCUT2D eigenvalue weighted by molar-refractivity contribution is 0.443. The van der Waals surface area contributed by atoms with E-state index in [0.717, 1.165) is 23.3 Å². The zero-order valence-electron chi connectivity index (χ0n) is 29.3. The lowest BCUT2D eigenvalue weighted by Crippen LogP contribution is -2.39. The predicted molar refractivity (Wildman–Crippen MR) is 226 cm³/mol. The molecule has 0 spiro atoms. The molecule has 9 aromatic rings. The first-order valence-corrected chi connectivity index (χ1v) is 19.7. The Morgan fingerprint density at radius 3 is 2.37 bits per heavy atom. The van der Waals surface area contributed by atoms with Gasteiger partial charge in [0.1, 0.15) is 17.3 Å². The van der Waals surface area contributed by atoms with Crippen molar-refractivity contribution in [2.75, 3.05) is 0 Å². The minimum Gasteiger partial charge on any atom is -0.456 e. The molecule has 7 aromatic carbocycles. The van der Waals surface area contributed by atoms with Crippen molar-refractivity contribution in [2.45, 2.75) is 24.5 Å². The van der Waals surface area contributed by atoms with Gasteiger partial charge in [-0.1, -0.05) is 121 Å². The molecule has 4 heteroatoms. The van der Waals surface area contributed by atoms with Gasteiger partial charge < -0.3 is 9.73 Å². The number of hydrogen-bond acceptors (Lipinski definition) is 4. The Hall–Kier alpha value is -6.20. The van der Waals surface area contributed by atoms with Gasteiger partial charge in [0, 0.05) is 42.6 Å². The molecule has 3 unspecified atom stereocenters. The summed E-state index contributed by atoms with van der Waals surface area (Å²) >= 11 is 1.88. The largest absolute Gasteiger partial charge is 0.456 e. The summed E-state index contributed by atoms with van der Waals surface area (Å²) in [5, 5.41) is 13.0. The maximum Gasteiger partial charge on any atom is 0.136 e. The van der Waals surface area contributed by atoms with Crippen LogP contribution in [0.4, 0.5) is 0 Å². The van der Waals surface area contributed by atoms with Gasteiger partial charge in [-0.3, -0.25) is 5.32 Å². The normalized spacial score (nSPS) is 18.6. The summed E-state index contributed by atoms with van der Waals surface area (Å²) in [4.78, 5) is 0. The molecule has 54 heavy (non-hydrogen) atoms. The van der Waals surface area contributed by atoms with E-state index in [4.69, 9.17) is 4.42 Å². The fraction of sp³-hybridized carbons (Fsp3) is 0.0800. The van der Waals surface area contributed by atoms with Crippen LogP contribution in [0.3, 0.4) is 0 Å². The summed E-state index contributed by atoms with van der Waals surface area (Å²) in [6, 6.07) is 53.2. The second-order valence-electron chi connectivity index (χ2n) is 14.9. The third kappa shape index (κ3) is 4.57. The van der Waals surface area contributed by atoms with Gasteiger partial charge in [-0.15, -0.1) is 11.3 Å². The Kier molecular flexibility index (Phi) is 6.53. The van der Waals surface area contributed by atoms with Crippen molar-refractivity contribution in [3.8, 4) is 22.3 Å². The summed E-state index contributed by atoms with van der Waals surface area (Å²) in [6.45, 7) is 0. The second-order valence-corrected chi connectivity index (χ2v) is 15.9. The van der Waals surface area contributed by atoms with Crippen LogP contribution in [0.1, 0.15) is 57.9 Å². The van der Waals surface area contributed by atoms with Crippen LogP contribution in [0.15, 0.2) is 162 Å². The van der Waals surface area contributed by atoms with E-state index < -0.39 is 0 Å². The Morgan fingerprint density at radius 1 is 0.593 bits per heavy atom. The first-order valence-electron chi connectivity index (χ1n) is 18.8. The van der Waals surface area contributed by atoms with E-state index in [1.54, 1.807) is 0 Å². The fourth-order valence-electron chi connectivity index (χ4n) is 9.35. The summed E-state index contributed by atoms with van der Waals surface area (Å²) in [7, 11) is 0. The van der Waals surface area contributed by atoms with E-state index in [1.165, 1.54) is 86.6 Å². The quantitative estimate of drug-likeness (QED) is 0.191. The van der Waals surface area contributed by atoms with Crippen LogP contribution in [0, 0.1) is 0 Å². The summed E-state index contributed by atoms with van der Waals surface area (Å²) < 4.78 is 9.09. The smallest absolute Gasteiger partial charge is 0.136 e. The second kappa shape index (κ2) is 11.6. The van der Waals surface area contributed by atoms with Crippen molar-refractivity contribution in [1.82, 2.24) is 10.6 Å². The van der Waals surface area contributed by atoms with Crippen LogP contribution >= 0.6 is 11.3 Å². The van der Waals surface area contributed by atoms with Crippen LogP contribution in [-0.2, 0) is 0 Å². The first kappa shape index (κ1) is 30.3. The third-order valence-corrected chi connectivity index (χ3v) is 13.0. The van der Waals surface area contributed by atoms with Gasteiger partial charge in [-0.05, 0) is 105 Å². The third-order valence-electron chi connectivity index (χ3n) is 11.8. The number of fused-ring (bicyclic) bond motifs is 10. The Balaban J connectivity index is 0.981. The number of furan rings is 1. The monoisotopic (exact) mass is 710 g/mol. The molecule has 2 aliphatic carbocycles. The number of allylic oxidation sites excluding steroid dienone is 1. The molecule has 2 N–H and O–H groups in total. The van der Waals surface area contributed by atoms with Gasteiger partial charge in [-0.2, -0.15) is 0 Å². The maximum absolute atomic E-state index is 6.44.